The first-order valence-electron chi connectivity index (χ1n) is 8.24. The second-order valence-corrected chi connectivity index (χ2v) is 7.70. The summed E-state index contributed by atoms with van der Waals surface area (Å²) in [4.78, 5) is 37.0. The number of thioether (sulfide) groups is 1. The average Bonchev–Trinajstić information content (AvgIpc) is 2.94. The first-order valence-corrected chi connectivity index (χ1v) is 9.46. The van der Waals surface area contributed by atoms with Crippen molar-refractivity contribution in [3.05, 3.63) is 76.2 Å². The lowest BCUT2D eigenvalue weighted by atomic mass is 10.0. The Labute approximate surface area is 170 Å². The Morgan fingerprint density at radius 1 is 1.07 bits per heavy atom. The van der Waals surface area contributed by atoms with E-state index in [0.29, 0.717) is 10.5 Å². The van der Waals surface area contributed by atoms with Gasteiger partial charge in [-0.15, -0.1) is 0 Å². The summed E-state index contributed by atoms with van der Waals surface area (Å²) in [7, 11) is 0. The van der Waals surface area contributed by atoms with Crippen molar-refractivity contribution in [1.29, 1.82) is 0 Å². The third kappa shape index (κ3) is 4.29. The van der Waals surface area contributed by atoms with Crippen molar-refractivity contribution in [2.45, 2.75) is 12.5 Å². The van der Waals surface area contributed by atoms with Gasteiger partial charge in [0.1, 0.15) is 10.4 Å². The number of thiocarbonyl (C=S) groups is 1. The number of carbonyl (C=O) groups is 3. The number of aliphatic carboxylic acids is 1. The summed E-state index contributed by atoms with van der Waals surface area (Å²) in [6.45, 7) is 0. The van der Waals surface area contributed by atoms with Gasteiger partial charge in [-0.2, -0.15) is 0 Å². The van der Waals surface area contributed by atoms with Gasteiger partial charge in [0.25, 0.3) is 5.91 Å². The Morgan fingerprint density at radius 2 is 1.71 bits per heavy atom. The van der Waals surface area contributed by atoms with Crippen LogP contribution in [0.3, 0.4) is 0 Å². The minimum Gasteiger partial charge on any atom is -0.480 e. The van der Waals surface area contributed by atoms with E-state index in [0.717, 1.165) is 22.2 Å². The monoisotopic (exact) mass is 413 g/mol. The predicted molar refractivity (Wildman–Crippen MR) is 110 cm³/mol. The number of aromatic carboxylic acids is 1. The van der Waals surface area contributed by atoms with E-state index in [1.165, 1.54) is 12.1 Å². The molecule has 0 bridgehead atoms. The van der Waals surface area contributed by atoms with E-state index in [-0.39, 0.29) is 16.3 Å². The van der Waals surface area contributed by atoms with Crippen molar-refractivity contribution in [1.82, 2.24) is 4.90 Å². The fraction of sp³-hybridized carbons (Fsp3) is 0.100. The number of carboxylic acid groups (broad SMARTS) is 2. The third-order valence-electron chi connectivity index (χ3n) is 4.15. The van der Waals surface area contributed by atoms with E-state index in [2.05, 4.69) is 0 Å². The predicted octanol–water partition coefficient (Wildman–Crippen LogP) is 3.28. The van der Waals surface area contributed by atoms with Crippen LogP contribution >= 0.6 is 24.0 Å². The maximum atomic E-state index is 12.8. The van der Waals surface area contributed by atoms with E-state index in [9.17, 15) is 19.5 Å². The number of benzene rings is 2. The largest absolute Gasteiger partial charge is 0.480 e. The Balaban J connectivity index is 1.85. The summed E-state index contributed by atoms with van der Waals surface area (Å²) >= 11 is 6.30. The van der Waals surface area contributed by atoms with Crippen molar-refractivity contribution in [3.8, 4) is 0 Å². The fourth-order valence-corrected chi connectivity index (χ4v) is 4.10. The Bertz CT molecular complexity index is 970. The first-order chi connectivity index (χ1) is 13.4. The van der Waals surface area contributed by atoms with Crippen molar-refractivity contribution in [2.24, 2.45) is 0 Å². The van der Waals surface area contributed by atoms with Crippen LogP contribution in [-0.2, 0) is 16.0 Å². The van der Waals surface area contributed by atoms with Crippen molar-refractivity contribution in [3.63, 3.8) is 0 Å². The zero-order chi connectivity index (χ0) is 20.3. The molecule has 142 valence electrons. The highest BCUT2D eigenvalue weighted by Gasteiger charge is 2.40. The van der Waals surface area contributed by atoms with E-state index in [1.54, 1.807) is 42.5 Å². The van der Waals surface area contributed by atoms with Crippen LogP contribution in [0, 0.1) is 0 Å². The van der Waals surface area contributed by atoms with Gasteiger partial charge in [-0.1, -0.05) is 66.4 Å². The molecule has 0 unspecified atom stereocenters. The molecule has 2 aromatic rings. The molecule has 6 nitrogen and oxygen atoms in total. The van der Waals surface area contributed by atoms with Crippen LogP contribution in [0.5, 0.6) is 0 Å². The lowest BCUT2D eigenvalue weighted by Gasteiger charge is -2.23. The van der Waals surface area contributed by atoms with Gasteiger partial charge in [-0.05, 0) is 29.3 Å². The molecule has 2 N–H and O–H groups in total. The van der Waals surface area contributed by atoms with Gasteiger partial charge in [-0.3, -0.25) is 9.69 Å². The topological polar surface area (TPSA) is 94.9 Å². The number of carboxylic acids is 2. The summed E-state index contributed by atoms with van der Waals surface area (Å²) in [6, 6.07) is 14.0. The summed E-state index contributed by atoms with van der Waals surface area (Å²) in [5.74, 6) is -2.64. The van der Waals surface area contributed by atoms with Crippen molar-refractivity contribution >= 4 is 52.2 Å². The molecular formula is C20H15NO5S2. The van der Waals surface area contributed by atoms with Crippen LogP contribution in [0.25, 0.3) is 6.08 Å². The zero-order valence-electron chi connectivity index (χ0n) is 14.4. The van der Waals surface area contributed by atoms with Crippen LogP contribution < -0.4 is 0 Å². The number of rotatable bonds is 6. The number of amides is 1. The molecule has 0 aromatic heterocycles. The third-order valence-corrected chi connectivity index (χ3v) is 5.48. The molecule has 1 aliphatic heterocycles. The van der Waals surface area contributed by atoms with E-state index in [4.69, 9.17) is 17.3 Å². The smallest absolute Gasteiger partial charge is 0.335 e. The number of carbonyl (C=O) groups excluding carboxylic acids is 1. The lowest BCUT2D eigenvalue weighted by molar-refractivity contribution is -0.145. The maximum absolute atomic E-state index is 12.8. The second-order valence-electron chi connectivity index (χ2n) is 6.02. The van der Waals surface area contributed by atoms with Gasteiger partial charge in [0.15, 0.2) is 0 Å². The Hall–Kier alpha value is -2.97. The summed E-state index contributed by atoms with van der Waals surface area (Å²) in [6.07, 6.45) is 1.72. The normalized spacial score (nSPS) is 16.4. The van der Waals surface area contributed by atoms with Gasteiger partial charge in [0, 0.05) is 6.42 Å². The van der Waals surface area contributed by atoms with Gasteiger partial charge in [-0.25, -0.2) is 9.59 Å². The Morgan fingerprint density at radius 3 is 2.29 bits per heavy atom. The quantitative estimate of drug-likeness (QED) is 0.554. The highest BCUT2D eigenvalue weighted by atomic mass is 32.2. The summed E-state index contributed by atoms with van der Waals surface area (Å²) in [5.41, 5.74) is 1.55. The molecule has 0 saturated carbocycles. The minimum absolute atomic E-state index is 0.138. The molecule has 2 aromatic carbocycles. The molecule has 1 fully saturated rings. The first kappa shape index (κ1) is 19.8. The molecule has 0 aliphatic carbocycles. The van der Waals surface area contributed by atoms with Crippen LogP contribution in [0.2, 0.25) is 0 Å². The van der Waals surface area contributed by atoms with Crippen LogP contribution in [0.4, 0.5) is 0 Å². The van der Waals surface area contributed by atoms with E-state index >= 15 is 0 Å². The molecule has 28 heavy (non-hydrogen) atoms. The van der Waals surface area contributed by atoms with Crippen LogP contribution in [-0.4, -0.2) is 43.3 Å². The van der Waals surface area contributed by atoms with Gasteiger partial charge >= 0.3 is 11.9 Å². The molecular weight excluding hydrogens is 398 g/mol. The van der Waals surface area contributed by atoms with Gasteiger partial charge in [0.05, 0.1) is 10.5 Å². The molecule has 1 saturated heterocycles. The van der Waals surface area contributed by atoms with Gasteiger partial charge in [0.2, 0.25) is 0 Å². The van der Waals surface area contributed by atoms with Crippen LogP contribution in [0.1, 0.15) is 21.5 Å². The highest BCUT2D eigenvalue weighted by Crippen LogP contribution is 2.34. The summed E-state index contributed by atoms with van der Waals surface area (Å²) < 4.78 is 0.182. The van der Waals surface area contributed by atoms with Crippen molar-refractivity contribution in [2.75, 3.05) is 0 Å². The average molecular weight is 413 g/mol. The second kappa shape index (κ2) is 8.37. The minimum atomic E-state index is -1.13. The number of nitrogens with zero attached hydrogens (tertiary/aromatic N) is 1. The van der Waals surface area contributed by atoms with Crippen molar-refractivity contribution < 1.29 is 24.6 Å². The fourth-order valence-electron chi connectivity index (χ4n) is 2.75. The van der Waals surface area contributed by atoms with Gasteiger partial charge < -0.3 is 10.2 Å². The molecule has 0 radical (unpaired) electrons. The zero-order valence-corrected chi connectivity index (χ0v) is 16.1. The van der Waals surface area contributed by atoms with E-state index < -0.39 is 23.9 Å². The molecule has 0 spiro atoms. The molecule has 1 amide bonds. The number of hydrogen-bond acceptors (Lipinski definition) is 5. The molecule has 3 rings (SSSR count). The SMILES string of the molecule is O=C(O)c1ccc(C=C2SC(=S)N([C@H](Cc3ccccc3)C(=O)O)C2=O)cc1. The molecule has 1 aliphatic rings. The standard InChI is InChI=1S/C20H15NO5S2/c22-17-16(11-13-6-8-14(9-7-13)18(23)24)28-20(27)21(17)15(19(25)26)10-12-4-2-1-3-5-12/h1-9,11,15H,10H2,(H,23,24)(H,25,26)/t15-/m1/s1. The van der Waals surface area contributed by atoms with Crippen LogP contribution in [0.15, 0.2) is 59.5 Å². The Kier molecular flexibility index (Phi) is 5.91. The van der Waals surface area contributed by atoms with E-state index in [1.807, 2.05) is 6.07 Å². The molecule has 1 heterocycles. The lowest BCUT2D eigenvalue weighted by Crippen LogP contribution is -2.45. The maximum Gasteiger partial charge on any atom is 0.335 e. The summed E-state index contributed by atoms with van der Waals surface area (Å²) in [5, 5.41) is 18.6. The molecule has 8 heteroatoms. The highest BCUT2D eigenvalue weighted by molar-refractivity contribution is 8.26. The number of hydrogen-bond donors (Lipinski definition) is 2. The molecule has 1 atom stereocenters.